The maximum absolute atomic E-state index is 12.9. The van der Waals surface area contributed by atoms with Crippen LogP contribution in [0.2, 0.25) is 0 Å². The Morgan fingerprint density at radius 3 is 2.41 bits per heavy atom. The second-order valence-electron chi connectivity index (χ2n) is 9.15. The molecule has 0 radical (unpaired) electrons. The second kappa shape index (κ2) is 10.3. The van der Waals surface area contributed by atoms with E-state index in [1.54, 1.807) is 17.3 Å². The fourth-order valence-corrected chi connectivity index (χ4v) is 4.79. The molecule has 0 saturated carbocycles. The molecule has 192 valence electrons. The molecule has 4 aromatic heterocycles. The first-order valence-electron chi connectivity index (χ1n) is 12.5. The van der Waals surface area contributed by atoms with Crippen LogP contribution in [0.3, 0.4) is 0 Å². The number of pyridine rings is 2. The quantitative estimate of drug-likeness (QED) is 0.373. The highest BCUT2D eigenvalue weighted by atomic mass is 16.2. The second-order valence-corrected chi connectivity index (χ2v) is 9.15. The number of benzene rings is 1. The van der Waals surface area contributed by atoms with Gasteiger partial charge in [-0.25, -0.2) is 24.9 Å². The Labute approximate surface area is 224 Å². The zero-order valence-electron chi connectivity index (χ0n) is 21.0. The summed E-state index contributed by atoms with van der Waals surface area (Å²) in [5.41, 5.74) is 10.7. The van der Waals surface area contributed by atoms with Gasteiger partial charge >= 0.3 is 0 Å². The molecule has 1 amide bonds. The summed E-state index contributed by atoms with van der Waals surface area (Å²) in [5, 5.41) is 9.24. The van der Waals surface area contributed by atoms with Gasteiger partial charge < -0.3 is 10.6 Å². The van der Waals surface area contributed by atoms with Crippen LogP contribution in [0.1, 0.15) is 21.7 Å². The first kappa shape index (κ1) is 24.1. The number of imidazole rings is 1. The molecule has 0 unspecified atom stereocenters. The predicted octanol–water partition coefficient (Wildman–Crippen LogP) is 2.68. The summed E-state index contributed by atoms with van der Waals surface area (Å²) in [4.78, 5) is 38.5. The summed E-state index contributed by atoms with van der Waals surface area (Å²) in [6, 6.07) is 17.8. The number of nitriles is 1. The third-order valence-corrected chi connectivity index (χ3v) is 6.76. The van der Waals surface area contributed by atoms with Gasteiger partial charge in [0.15, 0.2) is 22.9 Å². The molecule has 0 bridgehead atoms. The summed E-state index contributed by atoms with van der Waals surface area (Å²) in [7, 11) is 0. The minimum Gasteiger partial charge on any atom is -0.383 e. The van der Waals surface area contributed by atoms with Crippen molar-refractivity contribution in [3.63, 3.8) is 0 Å². The number of nitrogen functional groups attached to an aromatic ring is 1. The van der Waals surface area contributed by atoms with E-state index in [4.69, 9.17) is 10.7 Å². The Bertz CT molecular complexity index is 1700. The van der Waals surface area contributed by atoms with Crippen molar-refractivity contribution in [2.75, 3.05) is 31.9 Å². The third-order valence-electron chi connectivity index (χ3n) is 6.76. The first-order valence-corrected chi connectivity index (χ1v) is 12.5. The minimum atomic E-state index is -0.255. The molecule has 1 aliphatic heterocycles. The van der Waals surface area contributed by atoms with Crippen LogP contribution in [0, 0.1) is 11.3 Å². The van der Waals surface area contributed by atoms with E-state index in [-0.39, 0.29) is 17.3 Å². The van der Waals surface area contributed by atoms with Crippen LogP contribution < -0.4 is 5.73 Å². The Morgan fingerprint density at radius 1 is 0.897 bits per heavy atom. The smallest absolute Gasteiger partial charge is 0.275 e. The fourth-order valence-electron chi connectivity index (χ4n) is 4.79. The van der Waals surface area contributed by atoms with E-state index < -0.39 is 0 Å². The molecule has 5 aromatic rings. The normalized spacial score (nSPS) is 13.9. The topological polar surface area (TPSA) is 143 Å². The van der Waals surface area contributed by atoms with Gasteiger partial charge in [-0.15, -0.1) is 0 Å². The molecule has 0 aliphatic carbocycles. The Hall–Kier alpha value is -5.21. The van der Waals surface area contributed by atoms with Gasteiger partial charge in [0.05, 0.1) is 5.56 Å². The molecular weight excluding hydrogens is 492 g/mol. The number of piperazine rings is 1. The van der Waals surface area contributed by atoms with Crippen molar-refractivity contribution in [3.8, 4) is 23.1 Å². The number of carbonyl (C=O) groups is 1. The van der Waals surface area contributed by atoms with Gasteiger partial charge in [-0.3, -0.25) is 14.3 Å². The number of amides is 1. The molecule has 1 saturated heterocycles. The summed E-state index contributed by atoms with van der Waals surface area (Å²) in [6.07, 6.45) is 6.26. The fraction of sp³-hybridized carbons (Fsp3) is 0.179. The number of hydrogen-bond donors (Lipinski definition) is 1. The first-order chi connectivity index (χ1) is 19.1. The van der Waals surface area contributed by atoms with Crippen molar-refractivity contribution >= 4 is 22.9 Å². The van der Waals surface area contributed by atoms with Crippen LogP contribution in [-0.2, 0) is 6.54 Å². The third kappa shape index (κ3) is 4.65. The number of nitrogens with zero attached hydrogens (tertiary/aromatic N) is 9. The molecule has 5 heterocycles. The minimum absolute atomic E-state index is 0.0558. The lowest BCUT2D eigenvalue weighted by atomic mass is 10.1. The zero-order chi connectivity index (χ0) is 26.8. The highest BCUT2D eigenvalue weighted by Gasteiger charge is 2.25. The molecule has 2 N–H and O–H groups in total. The summed E-state index contributed by atoms with van der Waals surface area (Å²) in [6.45, 7) is 3.30. The van der Waals surface area contributed by atoms with Gasteiger partial charge in [0, 0.05) is 63.2 Å². The van der Waals surface area contributed by atoms with Gasteiger partial charge in [-0.1, -0.05) is 12.1 Å². The predicted molar refractivity (Wildman–Crippen MR) is 144 cm³/mol. The van der Waals surface area contributed by atoms with E-state index in [1.165, 1.54) is 12.4 Å². The van der Waals surface area contributed by atoms with E-state index in [1.807, 2.05) is 34.9 Å². The molecule has 1 fully saturated rings. The van der Waals surface area contributed by atoms with Gasteiger partial charge in [-0.05, 0) is 42.0 Å². The Morgan fingerprint density at radius 2 is 1.64 bits per heavy atom. The number of anilines is 1. The van der Waals surface area contributed by atoms with Crippen molar-refractivity contribution in [2.24, 2.45) is 0 Å². The van der Waals surface area contributed by atoms with Crippen LogP contribution in [0.5, 0.6) is 0 Å². The van der Waals surface area contributed by atoms with Crippen molar-refractivity contribution in [1.82, 2.24) is 39.3 Å². The number of aromatic nitrogens is 6. The van der Waals surface area contributed by atoms with Gasteiger partial charge in [-0.2, -0.15) is 5.26 Å². The van der Waals surface area contributed by atoms with Crippen LogP contribution in [-0.4, -0.2) is 71.4 Å². The highest BCUT2D eigenvalue weighted by molar-refractivity contribution is 5.94. The highest BCUT2D eigenvalue weighted by Crippen LogP contribution is 2.30. The lowest BCUT2D eigenvalue weighted by Gasteiger charge is -2.34. The van der Waals surface area contributed by atoms with E-state index in [2.05, 4.69) is 49.1 Å². The lowest BCUT2D eigenvalue weighted by Crippen LogP contribution is -2.48. The maximum Gasteiger partial charge on any atom is 0.275 e. The van der Waals surface area contributed by atoms with Crippen LogP contribution in [0.25, 0.3) is 28.2 Å². The van der Waals surface area contributed by atoms with Crippen LogP contribution >= 0.6 is 0 Å². The summed E-state index contributed by atoms with van der Waals surface area (Å²) >= 11 is 0. The van der Waals surface area contributed by atoms with Crippen LogP contribution in [0.15, 0.2) is 73.3 Å². The molecular formula is C28H24N10O. The molecule has 1 aromatic carbocycles. The molecule has 1 aliphatic rings. The molecule has 11 heteroatoms. The van der Waals surface area contributed by atoms with Gasteiger partial charge in [0.25, 0.3) is 5.91 Å². The van der Waals surface area contributed by atoms with E-state index >= 15 is 0 Å². The van der Waals surface area contributed by atoms with E-state index in [0.29, 0.717) is 24.7 Å². The largest absolute Gasteiger partial charge is 0.383 e. The van der Waals surface area contributed by atoms with Crippen LogP contribution in [0.4, 0.5) is 5.82 Å². The number of carbonyl (C=O) groups excluding carboxylic acids is 1. The number of rotatable bonds is 5. The number of nitrogens with two attached hydrogens (primary N) is 1. The zero-order valence-corrected chi connectivity index (χ0v) is 21.0. The van der Waals surface area contributed by atoms with Crippen molar-refractivity contribution in [2.45, 2.75) is 6.54 Å². The maximum atomic E-state index is 12.9. The monoisotopic (exact) mass is 516 g/mol. The SMILES string of the molecule is N#Cc1nccnc1C(=O)N1CCN(Cc2ccc(-n3c(-c4cccnc4N)nc4cccnc43)cc2)CC1. The molecule has 0 atom stereocenters. The van der Waals surface area contributed by atoms with E-state index in [0.717, 1.165) is 47.6 Å². The van der Waals surface area contributed by atoms with Crippen molar-refractivity contribution in [3.05, 3.63) is 90.3 Å². The molecule has 39 heavy (non-hydrogen) atoms. The van der Waals surface area contributed by atoms with Crippen molar-refractivity contribution in [1.29, 1.82) is 5.26 Å². The number of fused-ring (bicyclic) bond motifs is 1. The standard InChI is InChI=1S/C28H24N10O/c29-17-23-24(32-12-11-31-23)28(39)37-15-13-36(14-16-37)18-19-5-7-20(8-6-19)38-26(21-3-1-9-33-25(21)30)35-22-4-2-10-34-27(22)38/h1-12H,13-16,18H2,(H2,30,33). The average Bonchev–Trinajstić information content (AvgIpc) is 3.37. The Kier molecular flexibility index (Phi) is 6.36. The summed E-state index contributed by atoms with van der Waals surface area (Å²) < 4.78 is 2.00. The van der Waals surface area contributed by atoms with E-state index in [9.17, 15) is 10.1 Å². The molecule has 6 rings (SSSR count). The molecule has 0 spiro atoms. The molecule has 11 nitrogen and oxygen atoms in total. The van der Waals surface area contributed by atoms with Gasteiger partial charge in [0.1, 0.15) is 17.4 Å². The Balaban J connectivity index is 1.18. The number of hydrogen-bond acceptors (Lipinski definition) is 9. The average molecular weight is 517 g/mol. The summed E-state index contributed by atoms with van der Waals surface area (Å²) in [5.74, 6) is 0.840. The van der Waals surface area contributed by atoms with Crippen molar-refractivity contribution < 1.29 is 4.79 Å². The lowest BCUT2D eigenvalue weighted by molar-refractivity contribution is 0.0622. The van der Waals surface area contributed by atoms with Gasteiger partial charge in [0.2, 0.25) is 0 Å².